The van der Waals surface area contributed by atoms with E-state index in [0.29, 0.717) is 23.3 Å². The molecule has 3 nitrogen and oxygen atoms in total. The molecule has 1 fully saturated rings. The first kappa shape index (κ1) is 20.3. The fourth-order valence-corrected chi connectivity index (χ4v) is 4.20. The summed E-state index contributed by atoms with van der Waals surface area (Å²) in [5.74, 6) is 1.01. The van der Waals surface area contributed by atoms with Crippen molar-refractivity contribution in [3.63, 3.8) is 0 Å². The second kappa shape index (κ2) is 9.65. The molecule has 3 atom stereocenters. The van der Waals surface area contributed by atoms with Crippen LogP contribution in [0.2, 0.25) is 5.02 Å². The van der Waals surface area contributed by atoms with E-state index in [1.54, 1.807) is 6.08 Å². The molecular formula is C20H28ClNO2S. The van der Waals surface area contributed by atoms with Crippen LogP contribution in [0.1, 0.15) is 45.2 Å². The zero-order valence-electron chi connectivity index (χ0n) is 15.3. The molecule has 1 amide bonds. The second-order valence-electron chi connectivity index (χ2n) is 6.60. The van der Waals surface area contributed by atoms with Gasteiger partial charge in [0.2, 0.25) is 0 Å². The summed E-state index contributed by atoms with van der Waals surface area (Å²) in [5.41, 5.74) is 1.07. The van der Waals surface area contributed by atoms with Crippen LogP contribution in [-0.2, 0) is 9.53 Å². The first-order chi connectivity index (χ1) is 12.0. The van der Waals surface area contributed by atoms with Crippen LogP contribution in [0.5, 0.6) is 0 Å². The van der Waals surface area contributed by atoms with Gasteiger partial charge in [-0.05, 0) is 29.4 Å². The van der Waals surface area contributed by atoms with Gasteiger partial charge in [0.25, 0.3) is 5.91 Å². The zero-order valence-corrected chi connectivity index (χ0v) is 16.9. The minimum atomic E-state index is -0.417. The smallest absolute Gasteiger partial charge is 0.252 e. The molecule has 1 saturated heterocycles. The Morgan fingerprint density at radius 1 is 1.40 bits per heavy atom. The Bertz CT molecular complexity index is 576. The van der Waals surface area contributed by atoms with Crippen molar-refractivity contribution in [1.82, 2.24) is 4.90 Å². The Morgan fingerprint density at radius 3 is 2.64 bits per heavy atom. The van der Waals surface area contributed by atoms with Gasteiger partial charge in [-0.2, -0.15) is 11.8 Å². The van der Waals surface area contributed by atoms with Crippen LogP contribution < -0.4 is 0 Å². The predicted molar refractivity (Wildman–Crippen MR) is 107 cm³/mol. The number of nitrogens with zero attached hydrogens (tertiary/aromatic N) is 1. The van der Waals surface area contributed by atoms with Gasteiger partial charge in [-0.25, -0.2) is 0 Å². The lowest BCUT2D eigenvalue weighted by atomic mass is 9.99. The average Bonchev–Trinajstić information content (AvgIpc) is 2.59. The number of carbonyl (C=O) groups is 1. The third-order valence-electron chi connectivity index (χ3n) is 4.44. The largest absolute Gasteiger partial charge is 0.366 e. The van der Waals surface area contributed by atoms with Crippen molar-refractivity contribution in [2.24, 2.45) is 0 Å². The second-order valence-corrected chi connectivity index (χ2v) is 8.65. The molecule has 1 aliphatic rings. The number of morpholine rings is 1. The van der Waals surface area contributed by atoms with Crippen molar-refractivity contribution in [3.05, 3.63) is 47.5 Å². The molecule has 5 heteroatoms. The van der Waals surface area contributed by atoms with Gasteiger partial charge in [-0.3, -0.25) is 4.79 Å². The van der Waals surface area contributed by atoms with Crippen LogP contribution in [0.4, 0.5) is 0 Å². The van der Waals surface area contributed by atoms with Crippen molar-refractivity contribution in [2.75, 3.05) is 12.4 Å². The van der Waals surface area contributed by atoms with Gasteiger partial charge < -0.3 is 9.64 Å². The van der Waals surface area contributed by atoms with Gasteiger partial charge in [0, 0.05) is 23.2 Å². The molecule has 0 saturated carbocycles. The first-order valence-corrected chi connectivity index (χ1v) is 10.3. The molecule has 1 aromatic carbocycles. The number of halogens is 1. The Balaban J connectivity index is 2.30. The number of hydrogen-bond donors (Lipinski definition) is 0. The number of amides is 1. The SMILES string of the molecule is C=CCC1OC[C@@H](c2ccc(Cl)cc2)N([C@@H](CC)CSC(C)C)C1=O. The Kier molecular flexibility index (Phi) is 7.85. The molecule has 0 bridgehead atoms. The molecular weight excluding hydrogens is 354 g/mol. The molecule has 1 heterocycles. The maximum atomic E-state index is 13.1. The molecule has 0 radical (unpaired) electrons. The van der Waals surface area contributed by atoms with Crippen molar-refractivity contribution in [3.8, 4) is 0 Å². The monoisotopic (exact) mass is 381 g/mol. The number of thioether (sulfide) groups is 1. The van der Waals surface area contributed by atoms with Gasteiger partial charge in [0.05, 0.1) is 12.6 Å². The van der Waals surface area contributed by atoms with E-state index in [2.05, 4.69) is 32.3 Å². The predicted octanol–water partition coefficient (Wildman–Crippen LogP) is 5.10. The fraction of sp³-hybridized carbons (Fsp3) is 0.550. The topological polar surface area (TPSA) is 29.5 Å². The van der Waals surface area contributed by atoms with E-state index in [0.717, 1.165) is 17.7 Å². The quantitative estimate of drug-likeness (QED) is 0.586. The number of carbonyl (C=O) groups excluding carboxylic acids is 1. The molecule has 0 aromatic heterocycles. The maximum Gasteiger partial charge on any atom is 0.252 e. The Hall–Kier alpha value is -0.970. The molecule has 1 aliphatic heterocycles. The van der Waals surface area contributed by atoms with Crippen LogP contribution >= 0.6 is 23.4 Å². The van der Waals surface area contributed by atoms with Crippen molar-refractivity contribution < 1.29 is 9.53 Å². The third-order valence-corrected chi connectivity index (χ3v) is 5.94. The van der Waals surface area contributed by atoms with E-state index < -0.39 is 6.10 Å². The highest BCUT2D eigenvalue weighted by Crippen LogP contribution is 2.33. The summed E-state index contributed by atoms with van der Waals surface area (Å²) in [6.07, 6.45) is 2.82. The summed E-state index contributed by atoms with van der Waals surface area (Å²) in [7, 11) is 0. The standard InChI is InChI=1S/C20H28ClNO2S/c1-5-7-19-20(23)22(17(6-2)13-25-14(3)4)18(12-24-19)15-8-10-16(21)11-9-15/h5,8-11,14,17-19H,1,6-7,12-13H2,2-4H3/t17-,18-,19?/m0/s1. The normalized spacial score (nSPS) is 22.3. The highest BCUT2D eigenvalue weighted by atomic mass is 35.5. The first-order valence-electron chi connectivity index (χ1n) is 8.89. The van der Waals surface area contributed by atoms with Crippen LogP contribution in [0.25, 0.3) is 0 Å². The van der Waals surface area contributed by atoms with Gasteiger partial charge in [0.1, 0.15) is 6.10 Å². The lowest BCUT2D eigenvalue weighted by molar-refractivity contribution is -0.163. The summed E-state index contributed by atoms with van der Waals surface area (Å²) in [5, 5.41) is 1.24. The third kappa shape index (κ3) is 5.25. The minimum Gasteiger partial charge on any atom is -0.366 e. The number of ether oxygens (including phenoxy) is 1. The van der Waals surface area contributed by atoms with E-state index in [9.17, 15) is 4.79 Å². The average molecular weight is 382 g/mol. The summed E-state index contributed by atoms with van der Waals surface area (Å²) in [4.78, 5) is 15.2. The molecule has 1 unspecified atom stereocenters. The summed E-state index contributed by atoms with van der Waals surface area (Å²) < 4.78 is 5.88. The molecule has 0 aliphatic carbocycles. The van der Waals surface area contributed by atoms with Crippen LogP contribution in [-0.4, -0.2) is 40.6 Å². The van der Waals surface area contributed by atoms with E-state index in [1.165, 1.54) is 0 Å². The Labute approximate surface area is 160 Å². The van der Waals surface area contributed by atoms with Crippen molar-refractivity contribution in [2.45, 2.75) is 57.1 Å². The van der Waals surface area contributed by atoms with Crippen LogP contribution in [0.3, 0.4) is 0 Å². The highest BCUT2D eigenvalue weighted by molar-refractivity contribution is 7.99. The van der Waals surface area contributed by atoms with Gasteiger partial charge in [-0.1, -0.05) is 50.6 Å². The molecule has 138 valence electrons. The fourth-order valence-electron chi connectivity index (χ4n) is 3.07. The number of hydrogen-bond acceptors (Lipinski definition) is 3. The van der Waals surface area contributed by atoms with E-state index in [-0.39, 0.29) is 18.0 Å². The molecule has 1 aromatic rings. The number of benzene rings is 1. The maximum absolute atomic E-state index is 13.1. The van der Waals surface area contributed by atoms with E-state index >= 15 is 0 Å². The lowest BCUT2D eigenvalue weighted by Crippen LogP contribution is -2.54. The Morgan fingerprint density at radius 2 is 2.08 bits per heavy atom. The molecule has 0 spiro atoms. The van der Waals surface area contributed by atoms with Crippen LogP contribution in [0, 0.1) is 0 Å². The summed E-state index contributed by atoms with van der Waals surface area (Å²) in [6, 6.07) is 7.86. The zero-order chi connectivity index (χ0) is 18.4. The summed E-state index contributed by atoms with van der Waals surface area (Å²) in [6.45, 7) is 10.8. The van der Waals surface area contributed by atoms with Crippen LogP contribution in [0.15, 0.2) is 36.9 Å². The van der Waals surface area contributed by atoms with Gasteiger partial charge >= 0.3 is 0 Å². The van der Waals surface area contributed by atoms with Gasteiger partial charge in [0.15, 0.2) is 0 Å². The van der Waals surface area contributed by atoms with Gasteiger partial charge in [-0.15, -0.1) is 6.58 Å². The van der Waals surface area contributed by atoms with Crippen molar-refractivity contribution in [1.29, 1.82) is 0 Å². The highest BCUT2D eigenvalue weighted by Gasteiger charge is 2.39. The van der Waals surface area contributed by atoms with E-state index in [1.807, 2.05) is 36.0 Å². The lowest BCUT2D eigenvalue weighted by Gasteiger charge is -2.44. The molecule has 0 N–H and O–H groups in total. The summed E-state index contributed by atoms with van der Waals surface area (Å²) >= 11 is 7.93. The number of rotatable bonds is 8. The molecule has 2 rings (SSSR count). The van der Waals surface area contributed by atoms with Crippen molar-refractivity contribution >= 4 is 29.3 Å². The van der Waals surface area contributed by atoms with E-state index in [4.69, 9.17) is 16.3 Å². The minimum absolute atomic E-state index is 0.0662. The molecule has 25 heavy (non-hydrogen) atoms.